The first-order valence-corrected chi connectivity index (χ1v) is 11.6. The van der Waals surface area contributed by atoms with Crippen LogP contribution in [0.2, 0.25) is 0 Å². The molecule has 0 saturated heterocycles. The van der Waals surface area contributed by atoms with Crippen molar-refractivity contribution in [3.05, 3.63) is 69.8 Å². The van der Waals surface area contributed by atoms with Crippen LogP contribution in [-0.4, -0.2) is 49.4 Å². The van der Waals surface area contributed by atoms with Crippen molar-refractivity contribution in [3.8, 4) is 0 Å². The predicted molar refractivity (Wildman–Crippen MR) is 105 cm³/mol. The SMILES string of the molecule is c1ccc(Nc2nnc(CCc3nnc(Nc4ccccc4)[se]3)[se]2)cc1. The first kappa shape index (κ1) is 17.2. The molecule has 26 heavy (non-hydrogen) atoms. The maximum absolute atomic E-state index is 4.33. The van der Waals surface area contributed by atoms with Gasteiger partial charge in [0.2, 0.25) is 0 Å². The molecular weight excluding hydrogens is 458 g/mol. The van der Waals surface area contributed by atoms with E-state index in [4.69, 9.17) is 0 Å². The van der Waals surface area contributed by atoms with Gasteiger partial charge < -0.3 is 0 Å². The van der Waals surface area contributed by atoms with Gasteiger partial charge in [-0.25, -0.2) is 0 Å². The second-order valence-electron chi connectivity index (χ2n) is 5.48. The topological polar surface area (TPSA) is 75.6 Å². The standard InChI is InChI=1S/C18H16N6Se2/c1-3-7-13(8-4-1)19-17-23-21-15(25-17)11-12-16-22-24-18(26-16)20-14-9-5-2-6-10-14/h1-10H,11-12H2,(H,19,23)(H,20,24). The Balaban J connectivity index is 1.32. The van der Waals surface area contributed by atoms with Gasteiger partial charge in [0.25, 0.3) is 0 Å². The van der Waals surface area contributed by atoms with E-state index in [9.17, 15) is 0 Å². The predicted octanol–water partition coefficient (Wildman–Crippen LogP) is 2.65. The number of para-hydroxylation sites is 2. The summed E-state index contributed by atoms with van der Waals surface area (Å²) in [6.07, 6.45) is 1.80. The fourth-order valence-electron chi connectivity index (χ4n) is 2.31. The molecule has 6 nitrogen and oxygen atoms in total. The van der Waals surface area contributed by atoms with E-state index in [0.29, 0.717) is 0 Å². The van der Waals surface area contributed by atoms with Crippen LogP contribution < -0.4 is 10.6 Å². The summed E-state index contributed by atoms with van der Waals surface area (Å²) < 4.78 is 4.22. The van der Waals surface area contributed by atoms with Crippen molar-refractivity contribution >= 4 is 49.8 Å². The fraction of sp³-hybridized carbons (Fsp3) is 0.111. The Kier molecular flexibility index (Phi) is 5.57. The molecule has 4 rings (SSSR count). The van der Waals surface area contributed by atoms with Crippen LogP contribution in [0, 0.1) is 0 Å². The maximum atomic E-state index is 4.33. The first-order valence-electron chi connectivity index (χ1n) is 8.14. The number of benzene rings is 2. The van der Waals surface area contributed by atoms with Crippen molar-refractivity contribution in [2.45, 2.75) is 12.8 Å². The molecule has 4 aromatic rings. The van der Waals surface area contributed by atoms with Crippen LogP contribution in [0.3, 0.4) is 0 Å². The van der Waals surface area contributed by atoms with E-state index in [1.54, 1.807) is 0 Å². The van der Waals surface area contributed by atoms with Crippen molar-refractivity contribution in [1.82, 2.24) is 20.4 Å². The fourth-order valence-corrected chi connectivity index (χ4v) is 5.50. The zero-order valence-corrected chi connectivity index (χ0v) is 17.2. The molecule has 0 aliphatic rings. The second kappa shape index (κ2) is 8.43. The van der Waals surface area contributed by atoms with E-state index in [0.717, 1.165) is 42.7 Å². The number of hydrogen-bond acceptors (Lipinski definition) is 6. The number of hydrogen-bond donors (Lipinski definition) is 2. The van der Waals surface area contributed by atoms with Crippen molar-refractivity contribution in [1.29, 1.82) is 0 Å². The van der Waals surface area contributed by atoms with E-state index in [1.807, 2.05) is 60.7 Å². The van der Waals surface area contributed by atoms with Gasteiger partial charge in [-0.2, -0.15) is 0 Å². The van der Waals surface area contributed by atoms with Gasteiger partial charge >= 0.3 is 163 Å². The van der Waals surface area contributed by atoms with Gasteiger partial charge in [0.15, 0.2) is 0 Å². The van der Waals surface area contributed by atoms with Gasteiger partial charge in [0, 0.05) is 0 Å². The van der Waals surface area contributed by atoms with Crippen LogP contribution in [0.5, 0.6) is 0 Å². The normalized spacial score (nSPS) is 10.6. The van der Waals surface area contributed by atoms with E-state index < -0.39 is 0 Å². The monoisotopic (exact) mass is 476 g/mol. The third-order valence-corrected chi connectivity index (χ3v) is 7.31. The minimum absolute atomic E-state index is 0.161. The Bertz CT molecular complexity index is 872. The summed E-state index contributed by atoms with van der Waals surface area (Å²) in [4.78, 5) is 0. The molecule has 0 unspecified atom stereocenters. The molecule has 0 bridgehead atoms. The van der Waals surface area contributed by atoms with Gasteiger partial charge in [0.1, 0.15) is 0 Å². The molecular formula is C18H16N6Se2. The Morgan fingerprint density at radius 2 is 1.00 bits per heavy atom. The molecule has 8 heteroatoms. The molecule has 2 heterocycles. The number of aromatic nitrogens is 4. The average Bonchev–Trinajstić information content (AvgIpc) is 3.31. The molecule has 0 atom stereocenters. The van der Waals surface area contributed by atoms with Gasteiger partial charge in [-0.05, 0) is 0 Å². The number of rotatable bonds is 7. The summed E-state index contributed by atoms with van der Waals surface area (Å²) in [5.41, 5.74) is 2.11. The number of nitrogens with one attached hydrogen (secondary N) is 2. The van der Waals surface area contributed by atoms with Crippen molar-refractivity contribution in [2.24, 2.45) is 0 Å². The third-order valence-electron chi connectivity index (χ3n) is 3.54. The quantitative estimate of drug-likeness (QED) is 0.402. The molecule has 0 radical (unpaired) electrons. The average molecular weight is 474 g/mol. The van der Waals surface area contributed by atoms with E-state index >= 15 is 0 Å². The molecule has 0 fully saturated rings. The van der Waals surface area contributed by atoms with Crippen LogP contribution in [0.1, 0.15) is 9.14 Å². The van der Waals surface area contributed by atoms with Crippen LogP contribution in [0.25, 0.3) is 0 Å². The van der Waals surface area contributed by atoms with Crippen LogP contribution >= 0.6 is 0 Å². The van der Waals surface area contributed by atoms with Gasteiger partial charge in [-0.3, -0.25) is 0 Å². The summed E-state index contributed by atoms with van der Waals surface area (Å²) in [6.45, 7) is 0. The molecule has 0 aliphatic heterocycles. The Labute approximate surface area is 163 Å². The van der Waals surface area contributed by atoms with Crippen LogP contribution in [-0.2, 0) is 12.8 Å². The van der Waals surface area contributed by atoms with Crippen molar-refractivity contribution in [3.63, 3.8) is 0 Å². The van der Waals surface area contributed by atoms with E-state index in [-0.39, 0.29) is 29.0 Å². The first-order chi connectivity index (χ1) is 12.8. The zero-order valence-electron chi connectivity index (χ0n) is 13.8. The van der Waals surface area contributed by atoms with Crippen molar-refractivity contribution in [2.75, 3.05) is 10.6 Å². The molecule has 0 spiro atoms. The summed E-state index contributed by atoms with van der Waals surface area (Å²) in [7, 11) is 0. The van der Waals surface area contributed by atoms with Gasteiger partial charge in [-0.1, -0.05) is 0 Å². The Morgan fingerprint density at radius 3 is 1.42 bits per heavy atom. The minimum atomic E-state index is 0.161. The number of anilines is 4. The summed E-state index contributed by atoms with van der Waals surface area (Å²) in [5, 5.41) is 23.9. The number of aryl methyl sites for hydroxylation is 2. The molecule has 2 N–H and O–H groups in total. The van der Waals surface area contributed by atoms with E-state index in [1.165, 1.54) is 0 Å². The van der Waals surface area contributed by atoms with Gasteiger partial charge in [0.05, 0.1) is 0 Å². The summed E-state index contributed by atoms with van der Waals surface area (Å²) >= 11 is 0.321. The second-order valence-corrected chi connectivity index (χ2v) is 9.94. The van der Waals surface area contributed by atoms with Crippen LogP contribution in [0.4, 0.5) is 20.8 Å². The molecule has 0 saturated carbocycles. The van der Waals surface area contributed by atoms with Crippen LogP contribution in [0.15, 0.2) is 60.7 Å². The molecule has 2 aromatic heterocycles. The third kappa shape index (κ3) is 4.68. The van der Waals surface area contributed by atoms with E-state index in [2.05, 4.69) is 31.0 Å². The number of nitrogens with zero attached hydrogens (tertiary/aromatic N) is 4. The van der Waals surface area contributed by atoms with Gasteiger partial charge in [-0.15, -0.1) is 0 Å². The molecule has 2 aromatic carbocycles. The summed E-state index contributed by atoms with van der Waals surface area (Å²) in [6, 6.07) is 20.2. The van der Waals surface area contributed by atoms with Crippen molar-refractivity contribution < 1.29 is 0 Å². The molecule has 0 aliphatic carbocycles. The summed E-state index contributed by atoms with van der Waals surface area (Å²) in [5.74, 6) is 0. The molecule has 130 valence electrons. The Hall–Kier alpha value is -2.24. The Morgan fingerprint density at radius 1 is 0.577 bits per heavy atom. The molecule has 0 amide bonds. The zero-order chi connectivity index (χ0) is 17.6.